The molecule has 20 heavy (non-hydrogen) atoms. The van der Waals surface area contributed by atoms with E-state index in [4.69, 9.17) is 11.1 Å². The van der Waals surface area contributed by atoms with Gasteiger partial charge in [0.15, 0.2) is 0 Å². The van der Waals surface area contributed by atoms with E-state index in [-0.39, 0.29) is 5.84 Å². The smallest absolute Gasteiger partial charge is 0.125 e. The van der Waals surface area contributed by atoms with Gasteiger partial charge in [-0.25, -0.2) is 4.39 Å². The predicted molar refractivity (Wildman–Crippen MR) is 83.7 cm³/mol. The molecular weight excluding hydrogens is 321 g/mol. The van der Waals surface area contributed by atoms with Crippen LogP contribution in [0.4, 0.5) is 10.1 Å². The summed E-state index contributed by atoms with van der Waals surface area (Å²) in [6, 6.07) is 12.3. The van der Waals surface area contributed by atoms with E-state index in [1.54, 1.807) is 6.07 Å². The van der Waals surface area contributed by atoms with Crippen molar-refractivity contribution in [3.8, 4) is 0 Å². The van der Waals surface area contributed by atoms with Gasteiger partial charge in [-0.1, -0.05) is 28.1 Å². The molecule has 0 atom stereocenters. The lowest BCUT2D eigenvalue weighted by Crippen LogP contribution is -2.22. The molecule has 0 aliphatic rings. The summed E-state index contributed by atoms with van der Waals surface area (Å²) < 4.78 is 14.3. The van der Waals surface area contributed by atoms with E-state index in [9.17, 15) is 4.39 Å². The first kappa shape index (κ1) is 14.5. The average molecular weight is 336 g/mol. The Labute approximate surface area is 125 Å². The first-order valence-electron chi connectivity index (χ1n) is 6.07. The second-order valence-electron chi connectivity index (χ2n) is 4.56. The third kappa shape index (κ3) is 3.36. The highest BCUT2D eigenvalue weighted by atomic mass is 79.9. The van der Waals surface area contributed by atoms with Crippen LogP contribution in [0.2, 0.25) is 0 Å². The standard InChI is InChI=1S/C15H15BrFN3/c1-20(9-10-3-2-4-11(16)7-10)14-6-5-12(17)8-13(14)15(18)19/h2-8H,9H2,1H3,(H3,18,19). The van der Waals surface area contributed by atoms with E-state index < -0.39 is 5.82 Å². The van der Waals surface area contributed by atoms with Gasteiger partial charge in [0.1, 0.15) is 11.7 Å². The number of nitrogen functional groups attached to an aromatic ring is 1. The maximum atomic E-state index is 13.3. The number of hydrogen-bond donors (Lipinski definition) is 2. The summed E-state index contributed by atoms with van der Waals surface area (Å²) in [5.74, 6) is -0.532. The van der Waals surface area contributed by atoms with E-state index in [1.165, 1.54) is 12.1 Å². The van der Waals surface area contributed by atoms with Crippen molar-refractivity contribution < 1.29 is 4.39 Å². The van der Waals surface area contributed by atoms with Gasteiger partial charge in [-0.05, 0) is 35.9 Å². The Hall–Kier alpha value is -1.88. The maximum Gasteiger partial charge on any atom is 0.125 e. The number of nitrogens with zero attached hydrogens (tertiary/aromatic N) is 1. The molecule has 0 aliphatic carbocycles. The zero-order valence-electron chi connectivity index (χ0n) is 11.0. The molecular formula is C15H15BrFN3. The van der Waals surface area contributed by atoms with Crippen molar-refractivity contribution in [2.45, 2.75) is 6.54 Å². The van der Waals surface area contributed by atoms with Crippen molar-refractivity contribution in [3.63, 3.8) is 0 Å². The zero-order valence-corrected chi connectivity index (χ0v) is 12.6. The van der Waals surface area contributed by atoms with E-state index >= 15 is 0 Å². The molecule has 0 radical (unpaired) electrons. The highest BCUT2D eigenvalue weighted by molar-refractivity contribution is 9.10. The highest BCUT2D eigenvalue weighted by Gasteiger charge is 2.11. The molecule has 0 bridgehead atoms. The number of hydrogen-bond acceptors (Lipinski definition) is 2. The van der Waals surface area contributed by atoms with Crippen molar-refractivity contribution in [1.82, 2.24) is 0 Å². The molecule has 0 heterocycles. The van der Waals surface area contributed by atoms with Gasteiger partial charge in [-0.3, -0.25) is 5.41 Å². The summed E-state index contributed by atoms with van der Waals surface area (Å²) >= 11 is 3.43. The van der Waals surface area contributed by atoms with Crippen LogP contribution >= 0.6 is 15.9 Å². The molecule has 0 unspecified atom stereocenters. The highest BCUT2D eigenvalue weighted by Crippen LogP contribution is 2.22. The molecule has 5 heteroatoms. The van der Waals surface area contributed by atoms with Gasteiger partial charge in [0.2, 0.25) is 0 Å². The molecule has 0 saturated carbocycles. The summed E-state index contributed by atoms with van der Waals surface area (Å²) in [5.41, 5.74) is 7.77. The van der Waals surface area contributed by atoms with Crippen LogP contribution in [0.1, 0.15) is 11.1 Å². The number of benzene rings is 2. The minimum Gasteiger partial charge on any atom is -0.384 e. The van der Waals surface area contributed by atoms with Crippen LogP contribution in [0.5, 0.6) is 0 Å². The second-order valence-corrected chi connectivity index (χ2v) is 5.48. The summed E-state index contributed by atoms with van der Waals surface area (Å²) in [5, 5.41) is 7.56. The molecule has 2 aromatic rings. The summed E-state index contributed by atoms with van der Waals surface area (Å²) in [6.07, 6.45) is 0. The third-order valence-corrected chi connectivity index (χ3v) is 3.46. The van der Waals surface area contributed by atoms with Gasteiger partial charge in [0, 0.05) is 29.3 Å². The van der Waals surface area contributed by atoms with E-state index in [2.05, 4.69) is 15.9 Å². The average Bonchev–Trinajstić information content (AvgIpc) is 2.38. The molecule has 0 amide bonds. The number of anilines is 1. The van der Waals surface area contributed by atoms with Crippen LogP contribution < -0.4 is 10.6 Å². The fourth-order valence-corrected chi connectivity index (χ4v) is 2.50. The van der Waals surface area contributed by atoms with Crippen molar-refractivity contribution in [2.75, 3.05) is 11.9 Å². The van der Waals surface area contributed by atoms with E-state index in [1.807, 2.05) is 36.2 Å². The number of rotatable bonds is 4. The molecule has 3 nitrogen and oxygen atoms in total. The monoisotopic (exact) mass is 335 g/mol. The number of halogens is 2. The molecule has 3 N–H and O–H groups in total. The molecule has 0 saturated heterocycles. The normalized spacial score (nSPS) is 10.3. The summed E-state index contributed by atoms with van der Waals surface area (Å²) in [6.45, 7) is 0.644. The fourth-order valence-electron chi connectivity index (χ4n) is 2.05. The lowest BCUT2D eigenvalue weighted by Gasteiger charge is -2.22. The number of amidine groups is 1. The van der Waals surface area contributed by atoms with Gasteiger partial charge in [-0.15, -0.1) is 0 Å². The van der Waals surface area contributed by atoms with Crippen LogP contribution in [0, 0.1) is 11.2 Å². The summed E-state index contributed by atoms with van der Waals surface area (Å²) in [4.78, 5) is 1.94. The number of nitrogens with two attached hydrogens (primary N) is 1. The van der Waals surface area contributed by atoms with Crippen LogP contribution in [0.25, 0.3) is 0 Å². The van der Waals surface area contributed by atoms with Gasteiger partial charge in [0.25, 0.3) is 0 Å². The zero-order chi connectivity index (χ0) is 14.7. The minimum absolute atomic E-state index is 0.138. The Bertz CT molecular complexity index is 643. The fraction of sp³-hybridized carbons (Fsp3) is 0.133. The molecule has 2 aromatic carbocycles. The van der Waals surface area contributed by atoms with Crippen LogP contribution in [0.15, 0.2) is 46.9 Å². The topological polar surface area (TPSA) is 53.1 Å². The van der Waals surface area contributed by atoms with Crippen LogP contribution in [-0.4, -0.2) is 12.9 Å². The SMILES string of the molecule is CN(Cc1cccc(Br)c1)c1ccc(F)cc1C(=N)N. The largest absolute Gasteiger partial charge is 0.384 e. The Balaban J connectivity index is 2.29. The lowest BCUT2D eigenvalue weighted by molar-refractivity contribution is 0.627. The molecule has 2 rings (SSSR count). The number of nitrogens with one attached hydrogen (secondary N) is 1. The maximum absolute atomic E-state index is 13.3. The van der Waals surface area contributed by atoms with Crippen molar-refractivity contribution in [2.24, 2.45) is 5.73 Å². The Morgan fingerprint density at radius 3 is 2.70 bits per heavy atom. The first-order chi connectivity index (χ1) is 9.47. The second kappa shape index (κ2) is 6.05. The Morgan fingerprint density at radius 2 is 2.05 bits per heavy atom. The van der Waals surface area contributed by atoms with Gasteiger partial charge < -0.3 is 10.6 Å². The molecule has 0 aliphatic heterocycles. The van der Waals surface area contributed by atoms with Gasteiger partial charge in [0.05, 0.1) is 0 Å². The van der Waals surface area contributed by atoms with Crippen molar-refractivity contribution in [1.29, 1.82) is 5.41 Å². The first-order valence-corrected chi connectivity index (χ1v) is 6.86. The van der Waals surface area contributed by atoms with Crippen LogP contribution in [0.3, 0.4) is 0 Å². The lowest BCUT2D eigenvalue weighted by atomic mass is 10.1. The van der Waals surface area contributed by atoms with Gasteiger partial charge >= 0.3 is 0 Å². The molecule has 0 aromatic heterocycles. The van der Waals surface area contributed by atoms with Gasteiger partial charge in [-0.2, -0.15) is 0 Å². The van der Waals surface area contributed by atoms with Crippen molar-refractivity contribution in [3.05, 3.63) is 63.9 Å². The Kier molecular flexibility index (Phi) is 4.39. The van der Waals surface area contributed by atoms with E-state index in [0.717, 1.165) is 15.7 Å². The van der Waals surface area contributed by atoms with Crippen molar-refractivity contribution >= 4 is 27.5 Å². The third-order valence-electron chi connectivity index (χ3n) is 2.97. The molecule has 0 spiro atoms. The van der Waals surface area contributed by atoms with Crippen LogP contribution in [-0.2, 0) is 6.54 Å². The predicted octanol–water partition coefficient (Wildman–Crippen LogP) is 3.51. The molecule has 0 fully saturated rings. The quantitative estimate of drug-likeness (QED) is 0.663. The van der Waals surface area contributed by atoms with E-state index in [0.29, 0.717) is 12.1 Å². The summed E-state index contributed by atoms with van der Waals surface area (Å²) in [7, 11) is 1.89. The minimum atomic E-state index is -0.394. The molecule has 104 valence electrons. The Morgan fingerprint density at radius 1 is 1.30 bits per heavy atom.